The van der Waals surface area contributed by atoms with E-state index in [0.29, 0.717) is 12.3 Å². The summed E-state index contributed by atoms with van der Waals surface area (Å²) in [4.78, 5) is 12.2. The van der Waals surface area contributed by atoms with Gasteiger partial charge in [-0.1, -0.05) is 19.4 Å². The monoisotopic (exact) mass is 398 g/mol. The molecule has 6 heteroatoms. The van der Waals surface area contributed by atoms with Gasteiger partial charge in [-0.05, 0) is 55.7 Å². The molecular formula is C23H30N2O4. The van der Waals surface area contributed by atoms with Crippen LogP contribution in [0.1, 0.15) is 32.6 Å². The van der Waals surface area contributed by atoms with Crippen molar-refractivity contribution in [2.75, 3.05) is 37.0 Å². The lowest BCUT2D eigenvalue weighted by molar-refractivity contribution is -0.114. The molecule has 0 spiro atoms. The second-order valence-corrected chi connectivity index (χ2v) is 7.10. The third-order valence-electron chi connectivity index (χ3n) is 4.65. The summed E-state index contributed by atoms with van der Waals surface area (Å²) < 4.78 is 17.0. The van der Waals surface area contributed by atoms with Gasteiger partial charge in [-0.2, -0.15) is 0 Å². The Hall–Kier alpha value is -2.73. The Morgan fingerprint density at radius 2 is 1.97 bits per heavy atom. The highest BCUT2D eigenvalue weighted by atomic mass is 16.5. The van der Waals surface area contributed by atoms with E-state index < -0.39 is 0 Å². The van der Waals surface area contributed by atoms with Crippen LogP contribution in [0.2, 0.25) is 0 Å². The van der Waals surface area contributed by atoms with Gasteiger partial charge in [0.05, 0.1) is 19.3 Å². The predicted molar refractivity (Wildman–Crippen MR) is 115 cm³/mol. The molecule has 6 nitrogen and oxygen atoms in total. The number of ether oxygens (including phenoxy) is 3. The van der Waals surface area contributed by atoms with Crippen LogP contribution < -0.4 is 20.1 Å². The molecule has 0 aliphatic carbocycles. The molecule has 1 unspecified atom stereocenters. The molecule has 2 aromatic carbocycles. The first-order chi connectivity index (χ1) is 14.2. The Morgan fingerprint density at radius 3 is 2.72 bits per heavy atom. The number of carbonyl (C=O) groups excluding carboxylic acids is 1. The number of nitrogens with one attached hydrogen (secondary N) is 2. The van der Waals surface area contributed by atoms with Gasteiger partial charge in [0.1, 0.15) is 18.1 Å². The van der Waals surface area contributed by atoms with Crippen molar-refractivity contribution in [3.05, 3.63) is 48.5 Å². The van der Waals surface area contributed by atoms with Crippen molar-refractivity contribution in [1.29, 1.82) is 0 Å². The largest absolute Gasteiger partial charge is 0.494 e. The Morgan fingerprint density at radius 1 is 1.10 bits per heavy atom. The number of amides is 1. The molecular weight excluding hydrogens is 368 g/mol. The molecule has 1 amide bonds. The molecule has 156 valence electrons. The smallest absolute Gasteiger partial charge is 0.243 e. The maximum absolute atomic E-state index is 12.2. The normalized spacial score (nSPS) is 15.7. The highest BCUT2D eigenvalue weighted by molar-refractivity contribution is 5.93. The molecule has 1 aliphatic rings. The summed E-state index contributed by atoms with van der Waals surface area (Å²) >= 11 is 0. The van der Waals surface area contributed by atoms with Gasteiger partial charge in [0, 0.05) is 24.0 Å². The summed E-state index contributed by atoms with van der Waals surface area (Å²) in [5, 5.41) is 6.01. The Kier molecular flexibility index (Phi) is 8.19. The van der Waals surface area contributed by atoms with Gasteiger partial charge in [-0.25, -0.2) is 0 Å². The van der Waals surface area contributed by atoms with Gasteiger partial charge in [0.25, 0.3) is 0 Å². The van der Waals surface area contributed by atoms with Gasteiger partial charge in [0.15, 0.2) is 0 Å². The third kappa shape index (κ3) is 7.31. The maximum Gasteiger partial charge on any atom is 0.243 e. The Balaban J connectivity index is 1.41. The first kappa shape index (κ1) is 21.0. The van der Waals surface area contributed by atoms with Crippen LogP contribution in [-0.4, -0.2) is 38.4 Å². The SMILES string of the molecule is CCCCOc1ccc(NCC(=O)Nc2cccc(OCC3CCCO3)c2)cc1. The summed E-state index contributed by atoms with van der Waals surface area (Å²) in [6.07, 6.45) is 4.44. The minimum atomic E-state index is -0.121. The molecule has 29 heavy (non-hydrogen) atoms. The summed E-state index contributed by atoms with van der Waals surface area (Å²) in [5.41, 5.74) is 1.58. The van der Waals surface area contributed by atoms with Gasteiger partial charge in [0.2, 0.25) is 5.91 Å². The lowest BCUT2D eigenvalue weighted by atomic mass is 10.2. The van der Waals surface area contributed by atoms with Crippen molar-refractivity contribution in [3.8, 4) is 11.5 Å². The standard InChI is InChI=1S/C23H30N2O4/c1-2-3-13-27-20-11-9-18(10-12-20)24-16-23(26)25-19-6-4-7-21(15-19)29-17-22-8-5-14-28-22/h4,6-7,9-12,15,22,24H,2-3,5,8,13-14,16-17H2,1H3,(H,25,26). The summed E-state index contributed by atoms with van der Waals surface area (Å²) in [7, 11) is 0. The molecule has 0 radical (unpaired) electrons. The van der Waals surface area contributed by atoms with Crippen LogP contribution >= 0.6 is 0 Å². The van der Waals surface area contributed by atoms with Gasteiger partial charge in [-0.3, -0.25) is 4.79 Å². The average molecular weight is 399 g/mol. The van der Waals surface area contributed by atoms with E-state index in [2.05, 4.69) is 17.6 Å². The first-order valence-electron chi connectivity index (χ1n) is 10.3. The van der Waals surface area contributed by atoms with E-state index in [1.165, 1.54) is 0 Å². The van der Waals surface area contributed by atoms with E-state index in [0.717, 1.165) is 56.1 Å². The fourth-order valence-electron chi connectivity index (χ4n) is 3.02. The molecule has 0 aromatic heterocycles. The number of benzene rings is 2. The second kappa shape index (κ2) is 11.3. The Labute approximate surface area is 172 Å². The zero-order chi connectivity index (χ0) is 20.3. The van der Waals surface area contributed by atoms with Gasteiger partial charge < -0.3 is 24.8 Å². The molecule has 3 rings (SSSR count). The number of anilines is 2. The maximum atomic E-state index is 12.2. The van der Waals surface area contributed by atoms with Gasteiger partial charge >= 0.3 is 0 Å². The van der Waals surface area contributed by atoms with Crippen molar-refractivity contribution < 1.29 is 19.0 Å². The van der Waals surface area contributed by atoms with Crippen LogP contribution in [0.4, 0.5) is 11.4 Å². The predicted octanol–water partition coefficient (Wildman–Crippen LogP) is 4.47. The van der Waals surface area contributed by atoms with Gasteiger partial charge in [-0.15, -0.1) is 0 Å². The van der Waals surface area contributed by atoms with Crippen LogP contribution in [-0.2, 0) is 9.53 Å². The topological polar surface area (TPSA) is 68.8 Å². The fraction of sp³-hybridized carbons (Fsp3) is 0.435. The molecule has 2 N–H and O–H groups in total. The van der Waals surface area contributed by atoms with Crippen LogP contribution in [0.3, 0.4) is 0 Å². The highest BCUT2D eigenvalue weighted by Gasteiger charge is 2.16. The van der Waals surface area contributed by atoms with E-state index in [-0.39, 0.29) is 18.6 Å². The second-order valence-electron chi connectivity index (χ2n) is 7.10. The third-order valence-corrected chi connectivity index (χ3v) is 4.65. The zero-order valence-electron chi connectivity index (χ0n) is 17.0. The van der Waals surface area contributed by atoms with Crippen LogP contribution in [0.25, 0.3) is 0 Å². The van der Waals surface area contributed by atoms with Crippen molar-refractivity contribution in [2.24, 2.45) is 0 Å². The summed E-state index contributed by atoms with van der Waals surface area (Å²) in [6.45, 7) is 4.39. The van der Waals surface area contributed by atoms with Crippen molar-refractivity contribution in [2.45, 2.75) is 38.7 Å². The summed E-state index contributed by atoms with van der Waals surface area (Å²) in [5.74, 6) is 1.45. The zero-order valence-corrected chi connectivity index (χ0v) is 17.0. The van der Waals surface area contributed by atoms with E-state index in [9.17, 15) is 4.79 Å². The number of hydrogen-bond acceptors (Lipinski definition) is 5. The minimum absolute atomic E-state index is 0.121. The average Bonchev–Trinajstić information content (AvgIpc) is 3.26. The molecule has 1 aliphatic heterocycles. The van der Waals surface area contributed by atoms with Crippen molar-refractivity contribution >= 4 is 17.3 Å². The number of unbranched alkanes of at least 4 members (excludes halogenated alkanes) is 1. The lowest BCUT2D eigenvalue weighted by Gasteiger charge is -2.13. The fourth-order valence-corrected chi connectivity index (χ4v) is 3.02. The summed E-state index contributed by atoms with van der Waals surface area (Å²) in [6, 6.07) is 15.1. The van der Waals surface area contributed by atoms with Crippen molar-refractivity contribution in [3.63, 3.8) is 0 Å². The Bertz CT molecular complexity index is 758. The number of carbonyl (C=O) groups is 1. The number of rotatable bonds is 11. The van der Waals surface area contributed by atoms with Crippen LogP contribution in [0, 0.1) is 0 Å². The molecule has 1 heterocycles. The molecule has 0 bridgehead atoms. The highest BCUT2D eigenvalue weighted by Crippen LogP contribution is 2.20. The molecule has 1 atom stereocenters. The molecule has 0 saturated carbocycles. The van der Waals surface area contributed by atoms with Crippen LogP contribution in [0.15, 0.2) is 48.5 Å². The van der Waals surface area contributed by atoms with E-state index in [4.69, 9.17) is 14.2 Å². The molecule has 1 fully saturated rings. The number of hydrogen-bond donors (Lipinski definition) is 2. The van der Waals surface area contributed by atoms with E-state index in [1.807, 2.05) is 48.5 Å². The molecule has 2 aromatic rings. The van der Waals surface area contributed by atoms with E-state index in [1.54, 1.807) is 0 Å². The van der Waals surface area contributed by atoms with Crippen LogP contribution in [0.5, 0.6) is 11.5 Å². The quantitative estimate of drug-likeness (QED) is 0.547. The minimum Gasteiger partial charge on any atom is -0.494 e. The first-order valence-corrected chi connectivity index (χ1v) is 10.3. The molecule has 1 saturated heterocycles. The van der Waals surface area contributed by atoms with E-state index >= 15 is 0 Å². The van der Waals surface area contributed by atoms with Crippen molar-refractivity contribution in [1.82, 2.24) is 0 Å². The lowest BCUT2D eigenvalue weighted by Crippen LogP contribution is -2.21.